The van der Waals surface area contributed by atoms with Crippen LogP contribution >= 0.6 is 0 Å². The summed E-state index contributed by atoms with van der Waals surface area (Å²) in [6.07, 6.45) is 0. The first kappa shape index (κ1) is 14.4. The second-order valence-electron chi connectivity index (χ2n) is 3.66. The average Bonchev–Trinajstić information content (AvgIpc) is 2.28. The highest BCUT2D eigenvalue weighted by Crippen LogP contribution is 2.08. The highest BCUT2D eigenvalue weighted by atomic mass is 32.2. The summed E-state index contributed by atoms with van der Waals surface area (Å²) in [6.45, 7) is 0.180. The smallest absolute Gasteiger partial charge is 0.231 e. The Kier molecular flexibility index (Phi) is 4.62. The third-order valence-electron chi connectivity index (χ3n) is 2.01. The summed E-state index contributed by atoms with van der Waals surface area (Å²) in [5, 5.41) is 2.78. The Morgan fingerprint density at radius 1 is 1.28 bits per heavy atom. The van der Waals surface area contributed by atoms with E-state index in [4.69, 9.17) is 5.73 Å². The molecule has 102 valence electrons. The van der Waals surface area contributed by atoms with Gasteiger partial charge in [0.05, 0.1) is 5.75 Å². The minimum absolute atomic E-state index is 0.0765. The molecule has 1 heterocycles. The SMILES string of the molecule is CNS(=O)(=O)CCNc1nc(N)nc(N(C)C)n1. The Hall–Kier alpha value is -1.68. The summed E-state index contributed by atoms with van der Waals surface area (Å²) < 4.78 is 24.6. The van der Waals surface area contributed by atoms with E-state index in [1.165, 1.54) is 7.05 Å². The molecule has 0 radical (unpaired) electrons. The number of hydrogen-bond acceptors (Lipinski definition) is 8. The molecular weight excluding hydrogens is 258 g/mol. The van der Waals surface area contributed by atoms with Crippen LogP contribution < -0.4 is 20.7 Å². The molecule has 1 aromatic heterocycles. The number of nitrogens with zero attached hydrogens (tertiary/aromatic N) is 4. The van der Waals surface area contributed by atoms with Crippen LogP contribution in [0.15, 0.2) is 0 Å². The summed E-state index contributed by atoms with van der Waals surface area (Å²) in [4.78, 5) is 13.5. The summed E-state index contributed by atoms with van der Waals surface area (Å²) in [5.41, 5.74) is 5.52. The van der Waals surface area contributed by atoms with Crippen LogP contribution in [-0.2, 0) is 10.0 Å². The molecule has 0 amide bonds. The minimum Gasteiger partial charge on any atom is -0.368 e. The van der Waals surface area contributed by atoms with E-state index >= 15 is 0 Å². The van der Waals surface area contributed by atoms with Crippen LogP contribution in [0.3, 0.4) is 0 Å². The van der Waals surface area contributed by atoms with Crippen molar-refractivity contribution in [2.45, 2.75) is 0 Å². The second-order valence-corrected chi connectivity index (χ2v) is 5.71. The van der Waals surface area contributed by atoms with Gasteiger partial charge in [-0.1, -0.05) is 0 Å². The lowest BCUT2D eigenvalue weighted by atomic mass is 10.7. The molecule has 1 rings (SSSR count). The van der Waals surface area contributed by atoms with Gasteiger partial charge in [0.15, 0.2) is 0 Å². The molecule has 0 spiro atoms. The lowest BCUT2D eigenvalue weighted by Gasteiger charge is -2.12. The fraction of sp³-hybridized carbons (Fsp3) is 0.625. The van der Waals surface area contributed by atoms with Crippen molar-refractivity contribution in [3.63, 3.8) is 0 Å². The van der Waals surface area contributed by atoms with Gasteiger partial charge in [-0.05, 0) is 7.05 Å². The number of hydrogen-bond donors (Lipinski definition) is 3. The van der Waals surface area contributed by atoms with E-state index in [2.05, 4.69) is 25.0 Å². The molecule has 4 N–H and O–H groups in total. The zero-order valence-electron chi connectivity index (χ0n) is 10.5. The van der Waals surface area contributed by atoms with E-state index in [0.29, 0.717) is 5.95 Å². The number of aromatic nitrogens is 3. The molecule has 10 heteroatoms. The molecule has 0 aromatic carbocycles. The number of nitrogen functional groups attached to an aromatic ring is 1. The van der Waals surface area contributed by atoms with Crippen LogP contribution in [0, 0.1) is 0 Å². The lowest BCUT2D eigenvalue weighted by molar-refractivity contribution is 0.588. The quantitative estimate of drug-likeness (QED) is 0.571. The van der Waals surface area contributed by atoms with Gasteiger partial charge in [-0.25, -0.2) is 13.1 Å². The van der Waals surface area contributed by atoms with Gasteiger partial charge in [-0.2, -0.15) is 15.0 Å². The van der Waals surface area contributed by atoms with E-state index in [1.54, 1.807) is 19.0 Å². The van der Waals surface area contributed by atoms with Crippen molar-refractivity contribution in [2.24, 2.45) is 0 Å². The molecule has 0 unspecified atom stereocenters. The van der Waals surface area contributed by atoms with E-state index in [-0.39, 0.29) is 24.2 Å². The fourth-order valence-electron chi connectivity index (χ4n) is 1.06. The summed E-state index contributed by atoms with van der Waals surface area (Å²) in [5.74, 6) is 0.651. The van der Waals surface area contributed by atoms with E-state index in [1.807, 2.05) is 0 Å². The van der Waals surface area contributed by atoms with Crippen molar-refractivity contribution in [1.29, 1.82) is 0 Å². The average molecular weight is 275 g/mol. The van der Waals surface area contributed by atoms with Gasteiger partial charge in [-0.15, -0.1) is 0 Å². The first-order chi connectivity index (χ1) is 8.34. The Bertz CT molecular complexity index is 502. The third kappa shape index (κ3) is 4.30. The maximum Gasteiger partial charge on any atom is 0.231 e. The number of sulfonamides is 1. The molecule has 0 saturated carbocycles. The molecule has 0 fully saturated rings. The van der Waals surface area contributed by atoms with Gasteiger partial charge in [0.2, 0.25) is 27.9 Å². The highest BCUT2D eigenvalue weighted by Gasteiger charge is 2.09. The number of anilines is 3. The van der Waals surface area contributed by atoms with Crippen LogP contribution in [0.5, 0.6) is 0 Å². The second kappa shape index (κ2) is 5.78. The van der Waals surface area contributed by atoms with Crippen molar-refractivity contribution >= 4 is 27.9 Å². The molecule has 9 nitrogen and oxygen atoms in total. The van der Waals surface area contributed by atoms with Gasteiger partial charge in [-0.3, -0.25) is 0 Å². The Labute approximate surface area is 106 Å². The predicted molar refractivity (Wildman–Crippen MR) is 69.9 cm³/mol. The van der Waals surface area contributed by atoms with Gasteiger partial charge in [0, 0.05) is 20.6 Å². The zero-order chi connectivity index (χ0) is 13.8. The monoisotopic (exact) mass is 275 g/mol. The van der Waals surface area contributed by atoms with Crippen LogP contribution in [0.25, 0.3) is 0 Å². The van der Waals surface area contributed by atoms with Gasteiger partial charge in [0.25, 0.3) is 0 Å². The van der Waals surface area contributed by atoms with E-state index in [9.17, 15) is 8.42 Å². The van der Waals surface area contributed by atoms with E-state index in [0.717, 1.165) is 0 Å². The van der Waals surface area contributed by atoms with Crippen molar-refractivity contribution in [2.75, 3.05) is 49.4 Å². The molecule has 0 aliphatic heterocycles. The molecule has 0 aliphatic rings. The largest absolute Gasteiger partial charge is 0.368 e. The van der Waals surface area contributed by atoms with Crippen molar-refractivity contribution in [3.05, 3.63) is 0 Å². The molecule has 1 aromatic rings. The maximum absolute atomic E-state index is 11.2. The Morgan fingerprint density at radius 2 is 1.94 bits per heavy atom. The standard InChI is InChI=1S/C8H17N7O2S/c1-10-18(16,17)5-4-11-7-12-6(9)13-8(14-7)15(2)3/h10H,4-5H2,1-3H3,(H3,9,11,12,13,14). The van der Waals surface area contributed by atoms with E-state index < -0.39 is 10.0 Å². The molecular formula is C8H17N7O2S. The van der Waals surface area contributed by atoms with Crippen LogP contribution in [-0.4, -0.2) is 56.8 Å². The number of nitrogens with one attached hydrogen (secondary N) is 2. The minimum atomic E-state index is -3.25. The number of rotatable bonds is 6. The molecule has 0 saturated heterocycles. The van der Waals surface area contributed by atoms with Crippen molar-refractivity contribution in [3.8, 4) is 0 Å². The topological polar surface area (TPSA) is 126 Å². The highest BCUT2D eigenvalue weighted by molar-refractivity contribution is 7.89. The molecule has 0 bridgehead atoms. The third-order valence-corrected chi connectivity index (χ3v) is 3.37. The Balaban J connectivity index is 2.68. The number of nitrogens with two attached hydrogens (primary N) is 1. The Morgan fingerprint density at radius 3 is 2.50 bits per heavy atom. The summed E-state index contributed by atoms with van der Waals surface area (Å²) in [7, 11) is 1.65. The van der Waals surface area contributed by atoms with Gasteiger partial charge >= 0.3 is 0 Å². The van der Waals surface area contributed by atoms with Crippen LogP contribution in [0.1, 0.15) is 0 Å². The molecule has 0 atom stereocenters. The lowest BCUT2D eigenvalue weighted by Crippen LogP contribution is -2.27. The van der Waals surface area contributed by atoms with Crippen LogP contribution in [0.4, 0.5) is 17.8 Å². The normalized spacial score (nSPS) is 11.3. The summed E-state index contributed by atoms with van der Waals surface area (Å²) in [6, 6.07) is 0. The first-order valence-corrected chi connectivity index (χ1v) is 6.83. The van der Waals surface area contributed by atoms with Crippen molar-refractivity contribution in [1.82, 2.24) is 19.7 Å². The first-order valence-electron chi connectivity index (χ1n) is 5.18. The van der Waals surface area contributed by atoms with Gasteiger partial charge < -0.3 is 16.0 Å². The predicted octanol–water partition coefficient (Wildman–Crippen LogP) is -1.52. The fourth-order valence-corrected chi connectivity index (χ4v) is 1.63. The summed E-state index contributed by atoms with van der Waals surface area (Å²) >= 11 is 0. The molecule has 18 heavy (non-hydrogen) atoms. The van der Waals surface area contributed by atoms with Crippen LogP contribution in [0.2, 0.25) is 0 Å². The molecule has 0 aliphatic carbocycles. The van der Waals surface area contributed by atoms with Gasteiger partial charge in [0.1, 0.15) is 0 Å². The maximum atomic E-state index is 11.2. The van der Waals surface area contributed by atoms with Crippen molar-refractivity contribution < 1.29 is 8.42 Å². The zero-order valence-corrected chi connectivity index (χ0v) is 11.3.